The van der Waals surface area contributed by atoms with Crippen LogP contribution in [0.1, 0.15) is 50.0 Å². The number of rotatable bonds is 7. The number of thiazole rings is 1. The highest BCUT2D eigenvalue weighted by molar-refractivity contribution is 7.17. The number of para-hydroxylation sites is 1. The number of aryl methyl sites for hydroxylation is 1. The third-order valence-electron chi connectivity index (χ3n) is 5.77. The van der Waals surface area contributed by atoms with Gasteiger partial charge in [0.05, 0.1) is 29.3 Å². The molecule has 0 spiro atoms. The zero-order valence-electron chi connectivity index (χ0n) is 19.6. The van der Waals surface area contributed by atoms with Gasteiger partial charge >= 0.3 is 5.97 Å². The van der Waals surface area contributed by atoms with Crippen molar-refractivity contribution in [2.75, 3.05) is 18.1 Å². The van der Waals surface area contributed by atoms with Crippen molar-refractivity contribution in [1.29, 1.82) is 0 Å². The maximum absolute atomic E-state index is 13.7. The average Bonchev–Trinajstić information content (AvgIpc) is 3.40. The Labute approximate surface area is 210 Å². The van der Waals surface area contributed by atoms with E-state index in [-0.39, 0.29) is 28.5 Å². The topological polar surface area (TPSA) is 98.9 Å². The molecule has 0 bridgehead atoms. The van der Waals surface area contributed by atoms with Gasteiger partial charge < -0.3 is 13.9 Å². The summed E-state index contributed by atoms with van der Waals surface area (Å²) < 4.78 is 16.8. The van der Waals surface area contributed by atoms with Crippen LogP contribution in [0.4, 0.5) is 5.13 Å². The van der Waals surface area contributed by atoms with Gasteiger partial charge in [0.1, 0.15) is 22.8 Å². The molecule has 2 aromatic heterocycles. The van der Waals surface area contributed by atoms with Crippen LogP contribution in [0.2, 0.25) is 0 Å². The Morgan fingerprint density at radius 2 is 2.03 bits per heavy atom. The fourth-order valence-electron chi connectivity index (χ4n) is 4.23. The number of ether oxygens (including phenoxy) is 2. The summed E-state index contributed by atoms with van der Waals surface area (Å²) in [4.78, 5) is 46.1. The maximum Gasteiger partial charge on any atom is 0.350 e. The highest BCUT2D eigenvalue weighted by Gasteiger charge is 2.45. The molecule has 0 saturated carbocycles. The monoisotopic (exact) mass is 502 g/mol. The number of esters is 1. The largest absolute Gasteiger partial charge is 0.490 e. The number of hydrogen-bond donors (Lipinski definition) is 0. The SMILES string of the molecule is C=CCOc1cccc([C@H]2c3c(oc4ccccc4c3=O)C(=O)N2c2nc(C)c(C(=O)OCC)s2)c1. The molecule has 0 fully saturated rings. The summed E-state index contributed by atoms with van der Waals surface area (Å²) in [5.41, 5.74) is 1.30. The minimum absolute atomic E-state index is 0.0494. The van der Waals surface area contributed by atoms with Crippen LogP contribution >= 0.6 is 11.3 Å². The Morgan fingerprint density at radius 3 is 2.81 bits per heavy atom. The molecule has 0 unspecified atom stereocenters. The van der Waals surface area contributed by atoms with Gasteiger partial charge in [0.25, 0.3) is 5.91 Å². The number of anilines is 1. The molecule has 2 aromatic carbocycles. The average molecular weight is 503 g/mol. The number of carbonyl (C=O) groups excluding carboxylic acids is 2. The molecule has 1 aliphatic rings. The van der Waals surface area contributed by atoms with Crippen molar-refractivity contribution in [2.45, 2.75) is 19.9 Å². The predicted octanol–water partition coefficient (Wildman–Crippen LogP) is 5.05. The Hall–Kier alpha value is -4.24. The number of fused-ring (bicyclic) bond motifs is 2. The van der Waals surface area contributed by atoms with Gasteiger partial charge in [-0.25, -0.2) is 9.78 Å². The number of aromatic nitrogens is 1. The van der Waals surface area contributed by atoms with Crippen LogP contribution in [0.15, 0.2) is 70.4 Å². The molecule has 1 atom stereocenters. The fourth-order valence-corrected chi connectivity index (χ4v) is 5.22. The van der Waals surface area contributed by atoms with Crippen LogP contribution in [0, 0.1) is 6.92 Å². The molecule has 8 nitrogen and oxygen atoms in total. The Kier molecular flexibility index (Phi) is 6.15. The van der Waals surface area contributed by atoms with E-state index in [1.165, 1.54) is 4.90 Å². The fraction of sp³-hybridized carbons (Fsp3) is 0.185. The van der Waals surface area contributed by atoms with Crippen molar-refractivity contribution >= 4 is 39.3 Å². The molecular formula is C27H22N2O6S. The quantitative estimate of drug-likeness (QED) is 0.258. The van der Waals surface area contributed by atoms with Crippen molar-refractivity contribution in [3.05, 3.63) is 98.9 Å². The van der Waals surface area contributed by atoms with Gasteiger partial charge in [-0.2, -0.15) is 0 Å². The Bertz CT molecular complexity index is 1570. The van der Waals surface area contributed by atoms with E-state index >= 15 is 0 Å². The molecule has 0 saturated heterocycles. The van der Waals surface area contributed by atoms with E-state index in [0.717, 1.165) is 11.3 Å². The van der Waals surface area contributed by atoms with Crippen LogP contribution in [0.3, 0.4) is 0 Å². The first-order valence-corrected chi connectivity index (χ1v) is 12.1. The van der Waals surface area contributed by atoms with E-state index in [1.54, 1.807) is 62.4 Å². The maximum atomic E-state index is 13.7. The molecule has 1 amide bonds. The number of benzene rings is 2. The van der Waals surface area contributed by atoms with Crippen molar-refractivity contribution in [1.82, 2.24) is 4.98 Å². The first-order chi connectivity index (χ1) is 17.4. The lowest BCUT2D eigenvalue weighted by atomic mass is 9.98. The van der Waals surface area contributed by atoms with Gasteiger partial charge in [-0.1, -0.05) is 48.3 Å². The van der Waals surface area contributed by atoms with Crippen molar-refractivity contribution in [2.24, 2.45) is 0 Å². The minimum atomic E-state index is -0.832. The predicted molar refractivity (Wildman–Crippen MR) is 136 cm³/mol. The molecule has 36 heavy (non-hydrogen) atoms. The molecule has 0 aliphatic carbocycles. The first-order valence-electron chi connectivity index (χ1n) is 11.3. The summed E-state index contributed by atoms with van der Waals surface area (Å²) in [6.45, 7) is 7.58. The van der Waals surface area contributed by atoms with Gasteiger partial charge in [-0.15, -0.1) is 0 Å². The van der Waals surface area contributed by atoms with Gasteiger partial charge in [-0.05, 0) is 43.7 Å². The smallest absolute Gasteiger partial charge is 0.350 e. The van der Waals surface area contributed by atoms with Crippen molar-refractivity contribution in [3.63, 3.8) is 0 Å². The molecule has 0 radical (unpaired) electrons. The number of nitrogens with zero attached hydrogens (tertiary/aromatic N) is 2. The highest BCUT2D eigenvalue weighted by atomic mass is 32.1. The zero-order chi connectivity index (χ0) is 25.4. The van der Waals surface area contributed by atoms with Crippen LogP contribution in [0.25, 0.3) is 11.0 Å². The van der Waals surface area contributed by atoms with Crippen LogP contribution in [-0.2, 0) is 4.74 Å². The number of carbonyl (C=O) groups is 2. The Balaban J connectivity index is 1.72. The second-order valence-corrected chi connectivity index (χ2v) is 9.03. The third kappa shape index (κ3) is 3.87. The van der Waals surface area contributed by atoms with Gasteiger partial charge in [0.15, 0.2) is 10.6 Å². The molecule has 9 heteroatoms. The molecular weight excluding hydrogens is 480 g/mol. The number of amides is 1. The van der Waals surface area contributed by atoms with E-state index in [9.17, 15) is 14.4 Å². The lowest BCUT2D eigenvalue weighted by Gasteiger charge is -2.23. The van der Waals surface area contributed by atoms with Crippen LogP contribution in [0.5, 0.6) is 5.75 Å². The summed E-state index contributed by atoms with van der Waals surface area (Å²) in [6.07, 6.45) is 1.63. The van der Waals surface area contributed by atoms with E-state index in [0.29, 0.717) is 39.5 Å². The molecule has 3 heterocycles. The summed E-state index contributed by atoms with van der Waals surface area (Å²) in [7, 11) is 0. The Morgan fingerprint density at radius 1 is 1.22 bits per heavy atom. The normalized spacial score (nSPS) is 14.7. The standard InChI is InChI=1S/C27H22N2O6S/c1-4-13-34-17-10-8-9-16(14-17)21-20-22(30)18-11-6-7-12-19(18)35-23(20)25(31)29(21)27-28-15(3)24(36-27)26(32)33-5-2/h4,6-12,14,21H,1,5,13H2,2-3H3/t21-/m0/s1. The second-order valence-electron chi connectivity index (χ2n) is 8.05. The summed E-state index contributed by atoms with van der Waals surface area (Å²) in [5, 5.41) is 0.635. The molecule has 0 N–H and O–H groups in total. The lowest BCUT2D eigenvalue weighted by molar-refractivity contribution is 0.0531. The second kappa shape index (κ2) is 9.43. The van der Waals surface area contributed by atoms with E-state index in [4.69, 9.17) is 13.9 Å². The third-order valence-corrected chi connectivity index (χ3v) is 6.91. The first kappa shape index (κ1) is 23.5. The van der Waals surface area contributed by atoms with Gasteiger partial charge in [0, 0.05) is 0 Å². The zero-order valence-corrected chi connectivity index (χ0v) is 20.5. The number of hydrogen-bond acceptors (Lipinski definition) is 8. The summed E-state index contributed by atoms with van der Waals surface area (Å²) >= 11 is 1.04. The van der Waals surface area contributed by atoms with Gasteiger partial charge in [-0.3, -0.25) is 14.5 Å². The lowest BCUT2D eigenvalue weighted by Crippen LogP contribution is -2.29. The van der Waals surface area contributed by atoms with E-state index < -0.39 is 17.9 Å². The van der Waals surface area contributed by atoms with Crippen LogP contribution < -0.4 is 15.1 Å². The van der Waals surface area contributed by atoms with E-state index in [1.807, 2.05) is 6.07 Å². The molecule has 182 valence electrons. The summed E-state index contributed by atoms with van der Waals surface area (Å²) in [6, 6.07) is 13.1. The van der Waals surface area contributed by atoms with Crippen molar-refractivity contribution in [3.8, 4) is 5.75 Å². The van der Waals surface area contributed by atoms with E-state index in [2.05, 4.69) is 11.6 Å². The van der Waals surface area contributed by atoms with Crippen molar-refractivity contribution < 1.29 is 23.5 Å². The summed E-state index contributed by atoms with van der Waals surface area (Å²) in [5.74, 6) is -0.522. The van der Waals surface area contributed by atoms with Crippen LogP contribution in [-0.4, -0.2) is 30.1 Å². The van der Waals surface area contributed by atoms with Gasteiger partial charge in [0.2, 0.25) is 5.76 Å². The minimum Gasteiger partial charge on any atom is -0.490 e. The molecule has 1 aliphatic heterocycles. The molecule has 5 rings (SSSR count). The molecule has 4 aromatic rings. The highest BCUT2D eigenvalue weighted by Crippen LogP contribution is 2.43.